The highest BCUT2D eigenvalue weighted by atomic mass is 32.2. The summed E-state index contributed by atoms with van der Waals surface area (Å²) < 4.78 is 1.63. The van der Waals surface area contributed by atoms with Crippen LogP contribution >= 0.6 is 23.1 Å². The van der Waals surface area contributed by atoms with Crippen LogP contribution in [0.3, 0.4) is 0 Å². The van der Waals surface area contributed by atoms with E-state index in [4.69, 9.17) is 10.7 Å². The van der Waals surface area contributed by atoms with Crippen molar-refractivity contribution >= 4 is 50.9 Å². The van der Waals surface area contributed by atoms with Crippen LogP contribution in [-0.4, -0.2) is 24.5 Å². The van der Waals surface area contributed by atoms with Gasteiger partial charge in [0.2, 0.25) is 11.9 Å². The molecule has 3 heterocycles. The predicted octanol–water partition coefficient (Wildman–Crippen LogP) is 4.32. The second kappa shape index (κ2) is 9.49. The van der Waals surface area contributed by atoms with Gasteiger partial charge in [-0.1, -0.05) is 43.0 Å². The number of nitrogen functional groups attached to an aromatic ring is 1. The Morgan fingerprint density at radius 1 is 1.25 bits per heavy atom. The smallest absolute Gasteiger partial charge is 0.263 e. The van der Waals surface area contributed by atoms with Crippen LogP contribution in [0.15, 0.2) is 52.9 Å². The molecule has 0 saturated heterocycles. The molecule has 0 aliphatic heterocycles. The summed E-state index contributed by atoms with van der Waals surface area (Å²) >= 11 is 2.93. The first-order valence-corrected chi connectivity index (χ1v) is 11.9. The molecule has 0 atom stereocenters. The standard InChI is InChI=1S/C22H23N7OS2/c1-4-10-29-19(30)15-11-14(5-2)32-18(15)27-22(29)31-12-17-25-20(23)28-21(26-17)24-16-9-7-6-8-13(16)3/h4,6-9,11H,1,5,10,12H2,2-3H3,(H3,23,24,25,26,28). The summed E-state index contributed by atoms with van der Waals surface area (Å²) in [6, 6.07) is 9.78. The van der Waals surface area contributed by atoms with Gasteiger partial charge >= 0.3 is 0 Å². The SMILES string of the molecule is C=CCn1c(SCc2nc(N)nc(Nc3ccccc3C)n2)nc2sc(CC)cc2c1=O. The maximum absolute atomic E-state index is 13.0. The third-order valence-electron chi connectivity index (χ3n) is 4.75. The Labute approximate surface area is 193 Å². The van der Waals surface area contributed by atoms with E-state index >= 15 is 0 Å². The molecule has 0 saturated carbocycles. The van der Waals surface area contributed by atoms with Gasteiger partial charge in [0.15, 0.2) is 5.16 Å². The van der Waals surface area contributed by atoms with Gasteiger partial charge in [-0.05, 0) is 31.0 Å². The number of hydrogen-bond donors (Lipinski definition) is 2. The van der Waals surface area contributed by atoms with Crippen molar-refractivity contribution in [3.8, 4) is 0 Å². The van der Waals surface area contributed by atoms with E-state index in [9.17, 15) is 4.79 Å². The second-order valence-corrected chi connectivity index (χ2v) is 9.10. The van der Waals surface area contributed by atoms with Crippen LogP contribution in [0.25, 0.3) is 10.2 Å². The molecule has 0 bridgehead atoms. The number of para-hydroxylation sites is 1. The Morgan fingerprint density at radius 3 is 2.81 bits per heavy atom. The highest BCUT2D eigenvalue weighted by Crippen LogP contribution is 2.27. The van der Waals surface area contributed by atoms with Crippen LogP contribution in [-0.2, 0) is 18.7 Å². The minimum absolute atomic E-state index is 0.0644. The van der Waals surface area contributed by atoms with Gasteiger partial charge in [0.1, 0.15) is 10.7 Å². The number of thioether (sulfide) groups is 1. The van der Waals surface area contributed by atoms with Crippen LogP contribution < -0.4 is 16.6 Å². The molecular formula is C22H23N7OS2. The molecule has 4 aromatic rings. The van der Waals surface area contributed by atoms with Gasteiger partial charge in [-0.25, -0.2) is 4.98 Å². The minimum Gasteiger partial charge on any atom is -0.368 e. The van der Waals surface area contributed by atoms with E-state index in [0.717, 1.165) is 27.4 Å². The average molecular weight is 466 g/mol. The lowest BCUT2D eigenvalue weighted by atomic mass is 10.2. The van der Waals surface area contributed by atoms with E-state index in [1.807, 2.05) is 37.3 Å². The van der Waals surface area contributed by atoms with E-state index < -0.39 is 0 Å². The van der Waals surface area contributed by atoms with Crippen molar-refractivity contribution in [2.75, 3.05) is 11.1 Å². The molecule has 0 radical (unpaired) electrons. The Hall–Kier alpha value is -3.24. The summed E-state index contributed by atoms with van der Waals surface area (Å²) in [6.45, 7) is 8.22. The molecule has 1 aromatic carbocycles. The number of aromatic nitrogens is 5. The largest absolute Gasteiger partial charge is 0.368 e. The van der Waals surface area contributed by atoms with Crippen molar-refractivity contribution in [3.63, 3.8) is 0 Å². The minimum atomic E-state index is -0.0644. The van der Waals surface area contributed by atoms with Crippen molar-refractivity contribution in [2.45, 2.75) is 37.7 Å². The quantitative estimate of drug-likeness (QED) is 0.225. The first-order valence-electron chi connectivity index (χ1n) is 10.1. The summed E-state index contributed by atoms with van der Waals surface area (Å²) in [5, 5.41) is 4.43. The lowest BCUT2D eigenvalue weighted by Crippen LogP contribution is -2.22. The molecule has 4 rings (SSSR count). The summed E-state index contributed by atoms with van der Waals surface area (Å²) in [4.78, 5) is 32.6. The Bertz CT molecular complexity index is 1350. The maximum Gasteiger partial charge on any atom is 0.263 e. The monoisotopic (exact) mass is 465 g/mol. The summed E-state index contributed by atoms with van der Waals surface area (Å²) in [6.07, 6.45) is 2.56. The number of aryl methyl sites for hydroxylation is 2. The molecule has 8 nitrogen and oxygen atoms in total. The van der Waals surface area contributed by atoms with Gasteiger partial charge < -0.3 is 11.1 Å². The number of benzene rings is 1. The van der Waals surface area contributed by atoms with Gasteiger partial charge in [-0.3, -0.25) is 9.36 Å². The fraction of sp³-hybridized carbons (Fsp3) is 0.227. The third kappa shape index (κ3) is 4.66. The van der Waals surface area contributed by atoms with Crippen molar-refractivity contribution < 1.29 is 0 Å². The van der Waals surface area contributed by atoms with E-state index in [0.29, 0.717) is 34.6 Å². The molecule has 164 valence electrons. The van der Waals surface area contributed by atoms with Gasteiger partial charge in [0.25, 0.3) is 5.56 Å². The zero-order chi connectivity index (χ0) is 22.7. The predicted molar refractivity (Wildman–Crippen MR) is 132 cm³/mol. The normalized spacial score (nSPS) is 11.1. The number of allylic oxidation sites excluding steroid dienone is 1. The van der Waals surface area contributed by atoms with Crippen LogP contribution in [0.2, 0.25) is 0 Å². The number of thiophene rings is 1. The molecule has 32 heavy (non-hydrogen) atoms. The lowest BCUT2D eigenvalue weighted by Gasteiger charge is -2.11. The van der Waals surface area contributed by atoms with E-state index in [2.05, 4.69) is 33.8 Å². The fourth-order valence-corrected chi connectivity index (χ4v) is 5.01. The zero-order valence-electron chi connectivity index (χ0n) is 17.8. The van der Waals surface area contributed by atoms with Gasteiger partial charge in [-0.15, -0.1) is 17.9 Å². The Balaban J connectivity index is 1.62. The van der Waals surface area contributed by atoms with Crippen molar-refractivity contribution in [3.05, 3.63) is 69.6 Å². The van der Waals surface area contributed by atoms with Crippen molar-refractivity contribution in [2.24, 2.45) is 0 Å². The summed E-state index contributed by atoms with van der Waals surface area (Å²) in [5.74, 6) is 1.39. The zero-order valence-corrected chi connectivity index (χ0v) is 19.5. The fourth-order valence-electron chi connectivity index (χ4n) is 3.14. The number of anilines is 3. The van der Waals surface area contributed by atoms with E-state index in [-0.39, 0.29) is 11.5 Å². The molecule has 0 unspecified atom stereocenters. The first-order chi connectivity index (χ1) is 15.5. The van der Waals surface area contributed by atoms with Gasteiger partial charge in [0, 0.05) is 17.1 Å². The molecular weight excluding hydrogens is 442 g/mol. The molecule has 3 N–H and O–H groups in total. The highest BCUT2D eigenvalue weighted by Gasteiger charge is 2.15. The Morgan fingerprint density at radius 2 is 2.06 bits per heavy atom. The number of nitrogens with one attached hydrogen (secondary N) is 1. The molecule has 0 amide bonds. The molecule has 0 aliphatic rings. The van der Waals surface area contributed by atoms with Gasteiger partial charge in [0.05, 0.1) is 11.1 Å². The van der Waals surface area contributed by atoms with E-state index in [1.165, 1.54) is 11.8 Å². The summed E-state index contributed by atoms with van der Waals surface area (Å²) in [7, 11) is 0. The number of rotatable bonds is 8. The first kappa shape index (κ1) is 22.0. The molecule has 10 heteroatoms. The topological polar surface area (TPSA) is 112 Å². The number of nitrogens with two attached hydrogens (primary N) is 1. The number of hydrogen-bond acceptors (Lipinski definition) is 9. The number of nitrogens with zero attached hydrogens (tertiary/aromatic N) is 5. The van der Waals surface area contributed by atoms with Crippen molar-refractivity contribution in [1.82, 2.24) is 24.5 Å². The molecule has 3 aromatic heterocycles. The molecule has 0 aliphatic carbocycles. The Kier molecular flexibility index (Phi) is 6.52. The third-order valence-corrected chi connectivity index (χ3v) is 6.89. The van der Waals surface area contributed by atoms with Crippen LogP contribution in [0.1, 0.15) is 23.2 Å². The molecule has 0 fully saturated rings. The van der Waals surface area contributed by atoms with Crippen LogP contribution in [0, 0.1) is 6.92 Å². The van der Waals surface area contributed by atoms with Gasteiger partial charge in [-0.2, -0.15) is 15.0 Å². The van der Waals surface area contributed by atoms with Crippen LogP contribution in [0.5, 0.6) is 0 Å². The van der Waals surface area contributed by atoms with Crippen LogP contribution in [0.4, 0.5) is 17.6 Å². The highest BCUT2D eigenvalue weighted by molar-refractivity contribution is 7.98. The maximum atomic E-state index is 13.0. The van der Waals surface area contributed by atoms with Crippen molar-refractivity contribution in [1.29, 1.82) is 0 Å². The second-order valence-electron chi connectivity index (χ2n) is 7.05. The van der Waals surface area contributed by atoms with E-state index in [1.54, 1.807) is 22.0 Å². The molecule has 0 spiro atoms. The summed E-state index contributed by atoms with van der Waals surface area (Å²) in [5.41, 5.74) is 7.82. The lowest BCUT2D eigenvalue weighted by molar-refractivity contribution is 0.672. The average Bonchev–Trinajstić information content (AvgIpc) is 3.19. The number of fused-ring (bicyclic) bond motifs is 1.